The lowest BCUT2D eigenvalue weighted by atomic mass is 9.99. The number of nitrogens with one attached hydrogen (secondary N) is 1. The van der Waals surface area contributed by atoms with Gasteiger partial charge in [0, 0.05) is 17.7 Å². The van der Waals surface area contributed by atoms with Crippen LogP contribution in [0.5, 0.6) is 0 Å². The van der Waals surface area contributed by atoms with Crippen LogP contribution in [-0.4, -0.2) is 21.8 Å². The van der Waals surface area contributed by atoms with Gasteiger partial charge < -0.3 is 11.1 Å². The smallest absolute Gasteiger partial charge is 0.303 e. The van der Waals surface area contributed by atoms with Gasteiger partial charge in [-0.05, 0) is 25.3 Å². The molecular formula is C14H20N4O5. The summed E-state index contributed by atoms with van der Waals surface area (Å²) in [6.07, 6.45) is 0.936. The first kappa shape index (κ1) is 18.3. The van der Waals surface area contributed by atoms with Gasteiger partial charge in [0.15, 0.2) is 5.69 Å². The minimum absolute atomic E-state index is 0.0987. The lowest BCUT2D eigenvalue weighted by molar-refractivity contribution is -0.392. The van der Waals surface area contributed by atoms with Gasteiger partial charge in [-0.15, -0.1) is 0 Å². The Kier molecular flexibility index (Phi) is 6.00. The highest BCUT2D eigenvalue weighted by molar-refractivity contribution is 5.84. The Morgan fingerprint density at radius 2 is 1.83 bits per heavy atom. The van der Waals surface area contributed by atoms with Gasteiger partial charge in [0.2, 0.25) is 5.91 Å². The Morgan fingerprint density at radius 1 is 1.26 bits per heavy atom. The molecule has 0 unspecified atom stereocenters. The summed E-state index contributed by atoms with van der Waals surface area (Å²) in [6, 6.07) is 1.08. The quantitative estimate of drug-likeness (QED) is 0.555. The van der Waals surface area contributed by atoms with E-state index in [0.717, 1.165) is 0 Å². The molecule has 0 spiro atoms. The van der Waals surface area contributed by atoms with Gasteiger partial charge in [-0.1, -0.05) is 13.8 Å². The third-order valence-corrected chi connectivity index (χ3v) is 3.67. The topological polar surface area (TPSA) is 141 Å². The molecule has 3 N–H and O–H groups in total. The molecule has 126 valence electrons. The molecule has 0 bridgehead atoms. The molecule has 0 aliphatic heterocycles. The highest BCUT2D eigenvalue weighted by Crippen LogP contribution is 2.40. The predicted molar refractivity (Wildman–Crippen MR) is 85.4 cm³/mol. The molecule has 0 heterocycles. The van der Waals surface area contributed by atoms with E-state index in [9.17, 15) is 25.0 Å². The van der Waals surface area contributed by atoms with E-state index in [1.54, 1.807) is 0 Å². The third kappa shape index (κ3) is 4.15. The molecule has 1 aromatic rings. The molecule has 1 aromatic carbocycles. The van der Waals surface area contributed by atoms with E-state index in [-0.39, 0.29) is 35.0 Å². The Morgan fingerprint density at radius 3 is 2.22 bits per heavy atom. The summed E-state index contributed by atoms with van der Waals surface area (Å²) in [5.74, 6) is -0.737. The fourth-order valence-electron chi connectivity index (χ4n) is 2.41. The Hall–Kier alpha value is -2.71. The van der Waals surface area contributed by atoms with Gasteiger partial charge in [0.25, 0.3) is 5.69 Å². The minimum Gasteiger partial charge on any atom is -0.371 e. The lowest BCUT2D eigenvalue weighted by Gasteiger charge is -2.18. The lowest BCUT2D eigenvalue weighted by Crippen LogP contribution is -2.21. The van der Waals surface area contributed by atoms with Gasteiger partial charge in [-0.25, -0.2) is 0 Å². The largest absolute Gasteiger partial charge is 0.371 e. The number of rotatable bonds is 8. The van der Waals surface area contributed by atoms with Crippen LogP contribution in [-0.2, 0) is 11.2 Å². The summed E-state index contributed by atoms with van der Waals surface area (Å²) in [5.41, 5.74) is 4.53. The van der Waals surface area contributed by atoms with Crippen molar-refractivity contribution in [2.45, 2.75) is 46.1 Å². The van der Waals surface area contributed by atoms with E-state index < -0.39 is 21.4 Å². The number of nitrogens with zero attached hydrogens (tertiary/aromatic N) is 2. The average Bonchev–Trinajstić information content (AvgIpc) is 2.46. The number of nitro groups is 2. The number of primary amides is 1. The zero-order chi connectivity index (χ0) is 17.7. The van der Waals surface area contributed by atoms with Crippen LogP contribution in [0.3, 0.4) is 0 Å². The second-order valence-corrected chi connectivity index (χ2v) is 5.23. The molecule has 0 aliphatic carbocycles. The SMILES string of the molecule is CCC(CC)Nc1c([N+](=O)[O-])cc(C)c(CC(N)=O)c1[N+](=O)[O-]. The molecule has 1 amide bonds. The van der Waals surface area contributed by atoms with E-state index in [0.29, 0.717) is 12.8 Å². The van der Waals surface area contributed by atoms with E-state index in [1.807, 2.05) is 13.8 Å². The molecule has 0 saturated carbocycles. The number of hydrogen-bond acceptors (Lipinski definition) is 6. The van der Waals surface area contributed by atoms with Crippen LogP contribution in [0.1, 0.15) is 37.8 Å². The Labute approximate surface area is 133 Å². The second-order valence-electron chi connectivity index (χ2n) is 5.23. The summed E-state index contributed by atoms with van der Waals surface area (Å²) in [7, 11) is 0. The van der Waals surface area contributed by atoms with Crippen LogP contribution in [0.15, 0.2) is 6.07 Å². The summed E-state index contributed by atoms with van der Waals surface area (Å²) < 4.78 is 0. The summed E-state index contributed by atoms with van der Waals surface area (Å²) >= 11 is 0. The molecule has 0 atom stereocenters. The maximum Gasteiger partial charge on any atom is 0.303 e. The summed E-state index contributed by atoms with van der Waals surface area (Å²) in [5, 5.41) is 25.7. The number of carbonyl (C=O) groups is 1. The van der Waals surface area contributed by atoms with E-state index >= 15 is 0 Å². The predicted octanol–water partition coefficient (Wildman–Crippen LogP) is 2.44. The monoisotopic (exact) mass is 324 g/mol. The van der Waals surface area contributed by atoms with Crippen molar-refractivity contribution in [3.8, 4) is 0 Å². The molecule has 9 heteroatoms. The van der Waals surface area contributed by atoms with Gasteiger partial charge in [0.05, 0.1) is 16.3 Å². The molecule has 0 fully saturated rings. The highest BCUT2D eigenvalue weighted by atomic mass is 16.6. The van der Waals surface area contributed by atoms with Crippen molar-refractivity contribution in [1.82, 2.24) is 0 Å². The first-order valence-electron chi connectivity index (χ1n) is 7.22. The maximum atomic E-state index is 11.5. The van der Waals surface area contributed by atoms with E-state index in [2.05, 4.69) is 5.32 Å². The van der Waals surface area contributed by atoms with Gasteiger partial charge in [-0.2, -0.15) is 0 Å². The molecule has 23 heavy (non-hydrogen) atoms. The van der Waals surface area contributed by atoms with Crippen LogP contribution < -0.4 is 11.1 Å². The second kappa shape index (κ2) is 7.52. The molecule has 0 radical (unpaired) electrons. The first-order chi connectivity index (χ1) is 10.7. The van der Waals surface area contributed by atoms with Crippen molar-refractivity contribution in [2.24, 2.45) is 5.73 Å². The first-order valence-corrected chi connectivity index (χ1v) is 7.22. The summed E-state index contributed by atoms with van der Waals surface area (Å²) in [4.78, 5) is 32.6. The van der Waals surface area contributed by atoms with Gasteiger partial charge >= 0.3 is 5.69 Å². The van der Waals surface area contributed by atoms with Crippen molar-refractivity contribution in [2.75, 3.05) is 5.32 Å². The van der Waals surface area contributed by atoms with E-state index in [1.165, 1.54) is 13.0 Å². The van der Waals surface area contributed by atoms with Crippen molar-refractivity contribution in [3.05, 3.63) is 37.4 Å². The average molecular weight is 324 g/mol. The van der Waals surface area contributed by atoms with Crippen LogP contribution in [0.2, 0.25) is 0 Å². The number of carbonyl (C=O) groups excluding carboxylic acids is 1. The summed E-state index contributed by atoms with van der Waals surface area (Å²) in [6.45, 7) is 5.23. The Bertz CT molecular complexity index is 641. The van der Waals surface area contributed by atoms with Crippen LogP contribution in [0.4, 0.5) is 17.1 Å². The van der Waals surface area contributed by atoms with Crippen molar-refractivity contribution < 1.29 is 14.6 Å². The zero-order valence-electron chi connectivity index (χ0n) is 13.3. The normalized spacial score (nSPS) is 10.6. The van der Waals surface area contributed by atoms with Gasteiger partial charge in [-0.3, -0.25) is 25.0 Å². The number of nitrogens with two attached hydrogens (primary N) is 1. The molecule has 9 nitrogen and oxygen atoms in total. The number of benzene rings is 1. The van der Waals surface area contributed by atoms with Crippen LogP contribution in [0.25, 0.3) is 0 Å². The highest BCUT2D eigenvalue weighted by Gasteiger charge is 2.32. The van der Waals surface area contributed by atoms with Crippen LogP contribution >= 0.6 is 0 Å². The number of nitro benzene ring substituents is 2. The van der Waals surface area contributed by atoms with Crippen molar-refractivity contribution >= 4 is 23.0 Å². The number of anilines is 1. The molecular weight excluding hydrogens is 304 g/mol. The molecule has 0 saturated heterocycles. The fourth-order valence-corrected chi connectivity index (χ4v) is 2.41. The van der Waals surface area contributed by atoms with E-state index in [4.69, 9.17) is 5.73 Å². The Balaban J connectivity index is 3.67. The van der Waals surface area contributed by atoms with Crippen molar-refractivity contribution in [3.63, 3.8) is 0 Å². The fraction of sp³-hybridized carbons (Fsp3) is 0.500. The number of aryl methyl sites for hydroxylation is 1. The number of hydrogen-bond donors (Lipinski definition) is 2. The molecule has 0 aromatic heterocycles. The van der Waals surface area contributed by atoms with Crippen LogP contribution in [0, 0.1) is 27.2 Å². The standard InChI is InChI=1S/C14H20N4O5/c1-4-9(5-2)16-13-11(17(20)21)6-8(3)10(7-12(15)19)14(13)18(22)23/h6,9,16H,4-5,7H2,1-3H3,(H2,15,19). The third-order valence-electron chi connectivity index (χ3n) is 3.67. The zero-order valence-corrected chi connectivity index (χ0v) is 13.3. The molecule has 0 aliphatic rings. The van der Waals surface area contributed by atoms with Gasteiger partial charge in [0.1, 0.15) is 0 Å². The molecule has 1 rings (SSSR count). The number of amides is 1. The minimum atomic E-state index is -0.737. The van der Waals surface area contributed by atoms with Crippen molar-refractivity contribution in [1.29, 1.82) is 0 Å². The maximum absolute atomic E-state index is 11.5.